The van der Waals surface area contributed by atoms with Crippen molar-refractivity contribution in [3.63, 3.8) is 0 Å². The molecule has 1 aliphatic carbocycles. The lowest BCUT2D eigenvalue weighted by Crippen LogP contribution is -2.47. The number of carbonyl (C=O) groups is 1. The molecular weight excluding hydrogens is 372 g/mol. The summed E-state index contributed by atoms with van der Waals surface area (Å²) in [5.74, 6) is 2.61. The molecule has 5 heteroatoms. The number of guanidine groups is 1. The first-order valence-electron chi connectivity index (χ1n) is 9.62. The summed E-state index contributed by atoms with van der Waals surface area (Å²) in [6, 6.07) is 16.8. The Morgan fingerprint density at radius 3 is 2.03 bits per heavy atom. The lowest BCUT2D eigenvalue weighted by atomic mass is 9.58. The van der Waals surface area contributed by atoms with Crippen LogP contribution in [0.2, 0.25) is 0 Å². The molecule has 0 bridgehead atoms. The molecule has 146 valence electrons. The molecule has 0 amide bonds. The molecule has 4 rings (SSSR count). The number of benzene rings is 2. The number of nitrogens with two attached hydrogens (primary N) is 1. The second kappa shape index (κ2) is 7.39. The fourth-order valence-corrected chi connectivity index (χ4v) is 4.19. The van der Waals surface area contributed by atoms with Gasteiger partial charge in [-0.2, -0.15) is 5.26 Å². The molecule has 30 heavy (non-hydrogen) atoms. The summed E-state index contributed by atoms with van der Waals surface area (Å²) in [5.41, 5.74) is 9.88. The highest BCUT2D eigenvalue weighted by molar-refractivity contribution is 6.24. The SMILES string of the molecule is C#Cc1ccc(/C=C2/C(=O)/C(=C/c3ccc(C#N)cc3)C23CCN(C(=N)N)C3)cc1. The number of carbonyl (C=O) groups excluding carboxylic acids is 1. The first-order valence-corrected chi connectivity index (χ1v) is 9.62. The number of rotatable bonds is 2. The van der Waals surface area contributed by atoms with Crippen molar-refractivity contribution in [2.45, 2.75) is 6.42 Å². The molecule has 1 saturated heterocycles. The van der Waals surface area contributed by atoms with Crippen molar-refractivity contribution in [3.05, 3.63) is 81.9 Å². The maximum absolute atomic E-state index is 13.1. The molecule has 1 atom stereocenters. The third-order valence-electron chi connectivity index (χ3n) is 5.87. The number of nitriles is 1. The van der Waals surface area contributed by atoms with E-state index >= 15 is 0 Å². The minimum absolute atomic E-state index is 0.00536. The monoisotopic (exact) mass is 392 g/mol. The predicted molar refractivity (Wildman–Crippen MR) is 117 cm³/mol. The van der Waals surface area contributed by atoms with Crippen molar-refractivity contribution in [2.24, 2.45) is 11.1 Å². The zero-order chi connectivity index (χ0) is 21.3. The van der Waals surface area contributed by atoms with Crippen LogP contribution in [0.25, 0.3) is 12.2 Å². The number of hydrogen-bond donors (Lipinski definition) is 2. The number of nitrogens with one attached hydrogen (secondary N) is 1. The van der Waals surface area contributed by atoms with Gasteiger partial charge in [0.15, 0.2) is 11.7 Å². The van der Waals surface area contributed by atoms with Crippen LogP contribution >= 0.6 is 0 Å². The Balaban J connectivity index is 1.74. The molecule has 2 aliphatic rings. The third kappa shape index (κ3) is 3.17. The molecule has 0 radical (unpaired) electrons. The Kier molecular flexibility index (Phi) is 4.74. The standard InChI is InChI=1S/C25H20N4O/c1-2-17-3-5-18(6-4-17)13-21-23(30)22(14-19-7-9-20(15-26)10-8-19)25(21)11-12-29(16-25)24(27)28/h1,3-10,13-14H,11-12,16H2,(H3,27,28)/b21-13-,22-14-. The molecule has 1 saturated carbocycles. The van der Waals surface area contributed by atoms with Crippen molar-refractivity contribution in [1.82, 2.24) is 4.90 Å². The smallest absolute Gasteiger partial charge is 0.188 e. The Hall–Kier alpha value is -4.09. The molecule has 1 heterocycles. The van der Waals surface area contributed by atoms with Crippen LogP contribution in [-0.4, -0.2) is 29.7 Å². The van der Waals surface area contributed by atoms with E-state index in [1.54, 1.807) is 17.0 Å². The topological polar surface area (TPSA) is 94.0 Å². The largest absolute Gasteiger partial charge is 0.370 e. The average Bonchev–Trinajstić information content (AvgIpc) is 3.24. The maximum atomic E-state index is 13.1. The van der Waals surface area contributed by atoms with Gasteiger partial charge in [-0.1, -0.05) is 30.2 Å². The summed E-state index contributed by atoms with van der Waals surface area (Å²) in [7, 11) is 0. The Morgan fingerprint density at radius 1 is 1.07 bits per heavy atom. The quantitative estimate of drug-likeness (QED) is 0.355. The van der Waals surface area contributed by atoms with Gasteiger partial charge in [-0.3, -0.25) is 10.2 Å². The fourth-order valence-electron chi connectivity index (χ4n) is 4.19. The van der Waals surface area contributed by atoms with Crippen molar-refractivity contribution >= 4 is 23.9 Å². The van der Waals surface area contributed by atoms with Gasteiger partial charge in [-0.15, -0.1) is 6.42 Å². The van der Waals surface area contributed by atoms with Gasteiger partial charge < -0.3 is 10.6 Å². The van der Waals surface area contributed by atoms with E-state index in [1.807, 2.05) is 48.6 Å². The van der Waals surface area contributed by atoms with Crippen molar-refractivity contribution in [1.29, 1.82) is 10.7 Å². The van der Waals surface area contributed by atoms with Gasteiger partial charge in [0.2, 0.25) is 0 Å². The highest BCUT2D eigenvalue weighted by Crippen LogP contribution is 2.55. The van der Waals surface area contributed by atoms with Crippen LogP contribution < -0.4 is 5.73 Å². The Morgan fingerprint density at radius 2 is 1.60 bits per heavy atom. The molecule has 5 nitrogen and oxygen atoms in total. The molecular formula is C25H20N4O. The van der Waals surface area contributed by atoms with Crippen LogP contribution in [0.4, 0.5) is 0 Å². The van der Waals surface area contributed by atoms with E-state index in [1.165, 1.54) is 0 Å². The highest BCUT2D eigenvalue weighted by Gasteiger charge is 2.57. The third-order valence-corrected chi connectivity index (χ3v) is 5.87. The molecule has 1 aliphatic heterocycles. The molecule has 2 aromatic carbocycles. The van der Waals surface area contributed by atoms with E-state index in [0.717, 1.165) is 27.8 Å². The van der Waals surface area contributed by atoms with E-state index in [4.69, 9.17) is 22.8 Å². The zero-order valence-corrected chi connectivity index (χ0v) is 16.4. The van der Waals surface area contributed by atoms with Gasteiger partial charge in [0, 0.05) is 35.2 Å². The van der Waals surface area contributed by atoms with Gasteiger partial charge >= 0.3 is 0 Å². The first kappa shape index (κ1) is 19.2. The molecule has 0 aromatic heterocycles. The Bertz CT molecular complexity index is 1090. The molecule has 1 spiro atoms. The van der Waals surface area contributed by atoms with Crippen molar-refractivity contribution in [3.8, 4) is 18.4 Å². The van der Waals surface area contributed by atoms with Crippen LogP contribution in [0.3, 0.4) is 0 Å². The van der Waals surface area contributed by atoms with Gasteiger partial charge in [-0.05, 0) is 54.0 Å². The van der Waals surface area contributed by atoms with Gasteiger partial charge in [-0.25, -0.2) is 0 Å². The second-order valence-corrected chi connectivity index (χ2v) is 7.58. The summed E-state index contributed by atoms with van der Waals surface area (Å²) >= 11 is 0. The number of Topliss-reactive ketones (excluding diaryl/α,β-unsaturated/α-hetero) is 1. The summed E-state index contributed by atoms with van der Waals surface area (Å²) in [5, 5.41) is 16.8. The van der Waals surface area contributed by atoms with E-state index < -0.39 is 5.41 Å². The number of nitrogens with zero attached hydrogens (tertiary/aromatic N) is 2. The van der Waals surface area contributed by atoms with Gasteiger partial charge in [0.25, 0.3) is 0 Å². The molecule has 2 aromatic rings. The lowest BCUT2D eigenvalue weighted by molar-refractivity contribution is -0.117. The van der Waals surface area contributed by atoms with Crippen LogP contribution in [0.1, 0.15) is 28.7 Å². The minimum Gasteiger partial charge on any atom is -0.370 e. The van der Waals surface area contributed by atoms with E-state index in [2.05, 4.69) is 12.0 Å². The average molecular weight is 392 g/mol. The Labute approximate surface area is 175 Å². The minimum atomic E-state index is -0.457. The summed E-state index contributed by atoms with van der Waals surface area (Å²) in [6.45, 7) is 1.13. The number of hydrogen-bond acceptors (Lipinski definition) is 3. The predicted octanol–water partition coefficient (Wildman–Crippen LogP) is 3.17. The van der Waals surface area contributed by atoms with Crippen molar-refractivity contribution in [2.75, 3.05) is 13.1 Å². The molecule has 1 unspecified atom stereocenters. The molecule has 3 N–H and O–H groups in total. The zero-order valence-electron chi connectivity index (χ0n) is 16.4. The van der Waals surface area contributed by atoms with Gasteiger partial charge in [0.1, 0.15) is 0 Å². The second-order valence-electron chi connectivity index (χ2n) is 7.58. The summed E-state index contributed by atoms with van der Waals surface area (Å²) in [4.78, 5) is 14.9. The number of likely N-dealkylation sites (tertiary alicyclic amines) is 1. The van der Waals surface area contributed by atoms with Crippen LogP contribution in [0.5, 0.6) is 0 Å². The molecule has 2 fully saturated rings. The van der Waals surface area contributed by atoms with Gasteiger partial charge in [0.05, 0.1) is 11.6 Å². The fraction of sp³-hybridized carbons (Fsp3) is 0.160. The highest BCUT2D eigenvalue weighted by atomic mass is 16.1. The van der Waals surface area contributed by atoms with Crippen LogP contribution in [-0.2, 0) is 4.79 Å². The summed E-state index contributed by atoms with van der Waals surface area (Å²) in [6.07, 6.45) is 9.96. The summed E-state index contributed by atoms with van der Waals surface area (Å²) < 4.78 is 0. The normalized spacial score (nSPS) is 22.7. The van der Waals surface area contributed by atoms with E-state index in [9.17, 15) is 4.79 Å². The van der Waals surface area contributed by atoms with Crippen LogP contribution in [0, 0.1) is 34.5 Å². The van der Waals surface area contributed by atoms with E-state index in [0.29, 0.717) is 25.1 Å². The van der Waals surface area contributed by atoms with Crippen molar-refractivity contribution < 1.29 is 4.79 Å². The van der Waals surface area contributed by atoms with E-state index in [-0.39, 0.29) is 11.7 Å². The first-order chi connectivity index (χ1) is 14.5. The lowest BCUT2D eigenvalue weighted by Gasteiger charge is -2.43. The maximum Gasteiger partial charge on any atom is 0.188 e. The van der Waals surface area contributed by atoms with Crippen LogP contribution in [0.15, 0.2) is 59.7 Å². The number of ketones is 1. The number of terminal acetylenes is 1.